The summed E-state index contributed by atoms with van der Waals surface area (Å²) >= 11 is 0. The molecule has 3 nitrogen and oxygen atoms in total. The molecular formula is C23H23NO2. The molecule has 0 aromatic heterocycles. The van der Waals surface area contributed by atoms with E-state index in [-0.39, 0.29) is 22.2 Å². The van der Waals surface area contributed by atoms with Crippen LogP contribution in [0.15, 0.2) is 60.7 Å². The van der Waals surface area contributed by atoms with Crippen molar-refractivity contribution in [2.45, 2.75) is 37.4 Å². The van der Waals surface area contributed by atoms with Gasteiger partial charge in [0, 0.05) is 10.8 Å². The van der Waals surface area contributed by atoms with Crippen LogP contribution in [0.1, 0.15) is 30.4 Å². The van der Waals surface area contributed by atoms with Crippen LogP contribution in [0.3, 0.4) is 0 Å². The minimum atomic E-state index is -0.261. The van der Waals surface area contributed by atoms with Gasteiger partial charge in [0.05, 0.1) is 18.1 Å². The zero-order valence-electron chi connectivity index (χ0n) is 14.7. The first-order valence-corrected chi connectivity index (χ1v) is 9.67. The zero-order valence-corrected chi connectivity index (χ0v) is 14.7. The van der Waals surface area contributed by atoms with Crippen LogP contribution in [0, 0.1) is 22.7 Å². The Morgan fingerprint density at radius 1 is 1.00 bits per heavy atom. The number of rotatable bonds is 5. The van der Waals surface area contributed by atoms with E-state index in [1.165, 1.54) is 11.1 Å². The molecule has 3 heteroatoms. The van der Waals surface area contributed by atoms with Crippen molar-refractivity contribution in [3.8, 4) is 0 Å². The van der Waals surface area contributed by atoms with Gasteiger partial charge in [0.2, 0.25) is 5.91 Å². The Labute approximate surface area is 153 Å². The van der Waals surface area contributed by atoms with Crippen LogP contribution in [0.4, 0.5) is 0 Å². The van der Waals surface area contributed by atoms with E-state index in [9.17, 15) is 4.79 Å². The van der Waals surface area contributed by atoms with Gasteiger partial charge in [-0.25, -0.2) is 0 Å². The fourth-order valence-corrected chi connectivity index (χ4v) is 7.67. The van der Waals surface area contributed by atoms with Crippen LogP contribution in [-0.4, -0.2) is 12.0 Å². The third kappa shape index (κ3) is 1.32. The molecule has 26 heavy (non-hydrogen) atoms. The summed E-state index contributed by atoms with van der Waals surface area (Å²) in [5.41, 5.74) is 8.53. The molecule has 132 valence electrons. The average molecular weight is 345 g/mol. The fraction of sp³-hybridized carbons (Fsp3) is 0.435. The average Bonchev–Trinajstić information content (AvgIpc) is 2.61. The van der Waals surface area contributed by atoms with E-state index in [4.69, 9.17) is 10.5 Å². The lowest BCUT2D eigenvalue weighted by Crippen LogP contribution is -2.98. The first-order chi connectivity index (χ1) is 12.7. The number of hydrogen-bond donors (Lipinski definition) is 1. The highest BCUT2D eigenvalue weighted by Gasteiger charge is 2.98. The van der Waals surface area contributed by atoms with E-state index in [2.05, 4.69) is 54.6 Å². The summed E-state index contributed by atoms with van der Waals surface area (Å²) in [6.45, 7) is 0.663. The molecule has 2 aromatic carbocycles. The minimum Gasteiger partial charge on any atom is -0.373 e. The number of amides is 1. The second-order valence-electron chi connectivity index (χ2n) is 8.82. The van der Waals surface area contributed by atoms with Gasteiger partial charge in [0.15, 0.2) is 0 Å². The summed E-state index contributed by atoms with van der Waals surface area (Å²) in [7, 11) is 0. The summed E-state index contributed by atoms with van der Waals surface area (Å²) in [5, 5.41) is 0. The van der Waals surface area contributed by atoms with Gasteiger partial charge in [-0.05, 0) is 42.2 Å². The van der Waals surface area contributed by atoms with Gasteiger partial charge >= 0.3 is 0 Å². The van der Waals surface area contributed by atoms with Gasteiger partial charge in [-0.15, -0.1) is 0 Å². The Balaban J connectivity index is 1.29. The highest BCUT2D eigenvalue weighted by atomic mass is 16.5. The molecule has 4 fully saturated rings. The molecule has 1 spiro atoms. The van der Waals surface area contributed by atoms with E-state index in [1.54, 1.807) is 0 Å². The Morgan fingerprint density at radius 2 is 1.65 bits per heavy atom. The van der Waals surface area contributed by atoms with Crippen LogP contribution in [0.5, 0.6) is 0 Å². The van der Waals surface area contributed by atoms with E-state index in [1.807, 2.05) is 6.07 Å². The van der Waals surface area contributed by atoms with Crippen LogP contribution >= 0.6 is 0 Å². The van der Waals surface area contributed by atoms with Crippen molar-refractivity contribution in [3.63, 3.8) is 0 Å². The Morgan fingerprint density at radius 3 is 2.31 bits per heavy atom. The number of carbonyl (C=O) groups excluding carboxylic acids is 1. The molecule has 6 rings (SSSR count). The van der Waals surface area contributed by atoms with Crippen molar-refractivity contribution in [2.75, 3.05) is 0 Å². The Hall–Kier alpha value is -2.13. The number of hydrogen-bond acceptors (Lipinski definition) is 2. The molecule has 0 heterocycles. The van der Waals surface area contributed by atoms with E-state index >= 15 is 0 Å². The number of benzene rings is 2. The molecule has 0 saturated heterocycles. The lowest BCUT2D eigenvalue weighted by atomic mass is 9.07. The molecule has 6 unspecified atom stereocenters. The van der Waals surface area contributed by atoms with Gasteiger partial charge in [0.1, 0.15) is 0 Å². The highest BCUT2D eigenvalue weighted by molar-refractivity contribution is 5.88. The predicted octanol–water partition coefficient (Wildman–Crippen LogP) is 3.43. The number of carbonyl (C=O) groups is 1. The molecule has 0 aliphatic heterocycles. The number of ether oxygens (including phenoxy) is 1. The molecule has 6 atom stereocenters. The molecule has 0 radical (unpaired) electrons. The Kier molecular flexibility index (Phi) is 2.64. The highest BCUT2D eigenvalue weighted by Crippen LogP contribution is 2.97. The molecule has 4 aliphatic carbocycles. The molecule has 1 amide bonds. The molecule has 0 bridgehead atoms. The van der Waals surface area contributed by atoms with Crippen molar-refractivity contribution in [3.05, 3.63) is 71.8 Å². The van der Waals surface area contributed by atoms with E-state index < -0.39 is 0 Å². The molecular weight excluding hydrogens is 322 g/mol. The maximum Gasteiger partial charge on any atom is 0.224 e. The smallest absolute Gasteiger partial charge is 0.224 e. The third-order valence-corrected chi connectivity index (χ3v) is 8.37. The minimum absolute atomic E-state index is 0.0773. The van der Waals surface area contributed by atoms with Gasteiger partial charge in [0.25, 0.3) is 0 Å². The van der Waals surface area contributed by atoms with Gasteiger partial charge in [-0.3, -0.25) is 4.79 Å². The normalized spacial score (nSPS) is 43.6. The van der Waals surface area contributed by atoms with E-state index in [0.29, 0.717) is 24.5 Å². The summed E-state index contributed by atoms with van der Waals surface area (Å²) in [5.74, 6) is 0.907. The second kappa shape index (κ2) is 4.58. The first-order valence-electron chi connectivity index (χ1n) is 9.67. The summed E-state index contributed by atoms with van der Waals surface area (Å²) in [6, 6.07) is 21.1. The van der Waals surface area contributed by atoms with Crippen LogP contribution < -0.4 is 5.73 Å². The van der Waals surface area contributed by atoms with Crippen molar-refractivity contribution in [2.24, 2.45) is 28.4 Å². The Bertz CT molecular complexity index is 889. The lowest BCUT2D eigenvalue weighted by Gasteiger charge is -2.96. The number of nitrogens with two attached hydrogens (primary N) is 1. The predicted molar refractivity (Wildman–Crippen MR) is 98.0 cm³/mol. The SMILES string of the molecule is NC(=O)C12CC3C(OCc4ccccc4)C4CC(c5ccccc5)(C1)C342. The molecule has 2 N–H and O–H groups in total. The maximum atomic E-state index is 12.4. The fourth-order valence-electron chi connectivity index (χ4n) is 7.67. The standard InChI is InChI=1S/C23H23NO2/c24-20(25)22-12-18-19(26-13-15-7-3-1-4-8-15)17-11-21(14-22,23(17,18)22)16-9-5-2-6-10-16/h1-10,17-19H,11-14H2,(H2,24,25). The van der Waals surface area contributed by atoms with Crippen molar-refractivity contribution >= 4 is 5.91 Å². The van der Waals surface area contributed by atoms with Crippen molar-refractivity contribution < 1.29 is 9.53 Å². The van der Waals surface area contributed by atoms with E-state index in [0.717, 1.165) is 19.3 Å². The second-order valence-corrected chi connectivity index (χ2v) is 8.82. The van der Waals surface area contributed by atoms with Crippen molar-refractivity contribution in [1.82, 2.24) is 0 Å². The lowest BCUT2D eigenvalue weighted by molar-refractivity contribution is -0.470. The maximum absolute atomic E-state index is 12.4. The topological polar surface area (TPSA) is 52.3 Å². The quantitative estimate of drug-likeness (QED) is 0.903. The first kappa shape index (κ1) is 15.0. The summed E-state index contributed by atoms with van der Waals surface area (Å²) in [6.07, 6.45) is 3.30. The molecule has 4 aliphatic rings. The number of primary amides is 1. The third-order valence-electron chi connectivity index (χ3n) is 8.37. The van der Waals surface area contributed by atoms with Crippen molar-refractivity contribution in [1.29, 1.82) is 0 Å². The van der Waals surface area contributed by atoms with Gasteiger partial charge in [-0.2, -0.15) is 0 Å². The van der Waals surface area contributed by atoms with Gasteiger partial charge < -0.3 is 10.5 Å². The molecule has 2 aromatic rings. The van der Waals surface area contributed by atoms with Gasteiger partial charge in [-0.1, -0.05) is 60.7 Å². The zero-order chi connectivity index (χ0) is 17.6. The van der Waals surface area contributed by atoms with Crippen LogP contribution in [0.25, 0.3) is 0 Å². The largest absolute Gasteiger partial charge is 0.373 e. The monoisotopic (exact) mass is 345 g/mol. The summed E-state index contributed by atoms with van der Waals surface area (Å²) < 4.78 is 6.35. The van der Waals surface area contributed by atoms with Crippen LogP contribution in [-0.2, 0) is 21.6 Å². The molecule has 4 saturated carbocycles. The summed E-state index contributed by atoms with van der Waals surface area (Å²) in [4.78, 5) is 12.4. The van der Waals surface area contributed by atoms with Crippen LogP contribution in [0.2, 0.25) is 0 Å².